The summed E-state index contributed by atoms with van der Waals surface area (Å²) in [5, 5.41) is 27.9. The van der Waals surface area contributed by atoms with Gasteiger partial charge < -0.3 is 25.8 Å². The second kappa shape index (κ2) is 13.8. The molecule has 4 N–H and O–H groups in total. The molecule has 0 aromatic heterocycles. The number of urea groups is 1. The van der Waals surface area contributed by atoms with Crippen LogP contribution in [0, 0.1) is 16.7 Å². The molecule has 0 spiro atoms. The van der Waals surface area contributed by atoms with Crippen molar-refractivity contribution in [2.75, 3.05) is 16.0 Å². The van der Waals surface area contributed by atoms with E-state index in [9.17, 15) is 14.7 Å². The molecular weight excluding hydrogens is 588 g/mol. The third-order valence-corrected chi connectivity index (χ3v) is 8.70. The second-order valence-electron chi connectivity index (χ2n) is 13.7. The molecule has 0 saturated heterocycles. The number of rotatable bonds is 10. The van der Waals surface area contributed by atoms with Gasteiger partial charge in [-0.1, -0.05) is 86.0 Å². The van der Waals surface area contributed by atoms with Crippen LogP contribution in [0.5, 0.6) is 11.5 Å². The van der Waals surface area contributed by atoms with E-state index in [4.69, 9.17) is 21.6 Å². The third-order valence-electron chi connectivity index (χ3n) is 8.39. The van der Waals surface area contributed by atoms with Crippen molar-refractivity contribution in [2.45, 2.75) is 92.1 Å². The van der Waals surface area contributed by atoms with Crippen LogP contribution in [0.4, 0.5) is 21.9 Å². The van der Waals surface area contributed by atoms with Crippen molar-refractivity contribution in [1.29, 1.82) is 5.26 Å². The standard InChI is InChI=1S/C36H45ClN4O4/c1-10-35(6,7)23-13-17-30(26(18-23)36(8,9)11-2)45-31(34(3,4)5)32(43)39-25-15-16-28(29(42)20-25)41-33(44)40-24-14-12-22(21-38)27(37)19-24/h12-20,31,42H,10-11H2,1-9H3,(H,39,43)(H2,40,41,44). The van der Waals surface area contributed by atoms with E-state index < -0.39 is 17.6 Å². The van der Waals surface area contributed by atoms with Crippen molar-refractivity contribution < 1.29 is 19.4 Å². The smallest absolute Gasteiger partial charge is 0.323 e. The number of nitrogens with zero attached hydrogens (tertiary/aromatic N) is 1. The fourth-order valence-electron chi connectivity index (χ4n) is 4.62. The van der Waals surface area contributed by atoms with Crippen molar-refractivity contribution in [3.63, 3.8) is 0 Å². The molecule has 0 aliphatic heterocycles. The third kappa shape index (κ3) is 8.70. The van der Waals surface area contributed by atoms with Crippen LogP contribution in [0.3, 0.4) is 0 Å². The Morgan fingerprint density at radius 3 is 2.04 bits per heavy atom. The van der Waals surface area contributed by atoms with Gasteiger partial charge in [-0.25, -0.2) is 4.79 Å². The van der Waals surface area contributed by atoms with E-state index in [1.54, 1.807) is 12.1 Å². The van der Waals surface area contributed by atoms with Gasteiger partial charge in [0, 0.05) is 28.4 Å². The summed E-state index contributed by atoms with van der Waals surface area (Å²) in [6.45, 7) is 19.0. The van der Waals surface area contributed by atoms with Gasteiger partial charge in [-0.05, 0) is 65.6 Å². The van der Waals surface area contributed by atoms with Crippen LogP contribution in [-0.2, 0) is 15.6 Å². The van der Waals surface area contributed by atoms with Crippen LogP contribution in [0.25, 0.3) is 0 Å². The van der Waals surface area contributed by atoms with E-state index in [0.717, 1.165) is 18.4 Å². The number of hydrogen-bond donors (Lipinski definition) is 4. The van der Waals surface area contributed by atoms with Gasteiger partial charge in [-0.2, -0.15) is 5.26 Å². The van der Waals surface area contributed by atoms with E-state index in [-0.39, 0.29) is 38.8 Å². The first kappa shape index (κ1) is 35.3. The Bertz CT molecular complexity index is 1600. The number of benzene rings is 3. The Kier molecular flexibility index (Phi) is 10.8. The van der Waals surface area contributed by atoms with Crippen molar-refractivity contribution >= 4 is 40.6 Å². The number of phenols is 1. The number of halogens is 1. The van der Waals surface area contributed by atoms with Gasteiger partial charge in [0.25, 0.3) is 5.91 Å². The van der Waals surface area contributed by atoms with E-state index in [1.807, 2.05) is 32.9 Å². The topological polar surface area (TPSA) is 123 Å². The van der Waals surface area contributed by atoms with Gasteiger partial charge in [0.15, 0.2) is 6.10 Å². The molecule has 3 aromatic carbocycles. The van der Waals surface area contributed by atoms with Crippen LogP contribution < -0.4 is 20.7 Å². The van der Waals surface area contributed by atoms with Gasteiger partial charge in [0.2, 0.25) is 0 Å². The van der Waals surface area contributed by atoms with Gasteiger partial charge in [0.05, 0.1) is 16.3 Å². The number of nitriles is 1. The van der Waals surface area contributed by atoms with Gasteiger partial charge in [-0.3, -0.25) is 4.79 Å². The van der Waals surface area contributed by atoms with Gasteiger partial charge in [0.1, 0.15) is 17.6 Å². The number of carbonyl (C=O) groups excluding carboxylic acids is 2. The average Bonchev–Trinajstić information content (AvgIpc) is 2.96. The number of nitrogens with one attached hydrogen (secondary N) is 3. The number of aromatic hydroxyl groups is 1. The maximum absolute atomic E-state index is 13.7. The zero-order valence-electron chi connectivity index (χ0n) is 27.7. The Morgan fingerprint density at radius 2 is 1.49 bits per heavy atom. The van der Waals surface area contributed by atoms with E-state index in [0.29, 0.717) is 17.1 Å². The highest BCUT2D eigenvalue weighted by atomic mass is 35.5. The molecule has 9 heteroatoms. The first-order chi connectivity index (χ1) is 20.9. The average molecular weight is 633 g/mol. The highest BCUT2D eigenvalue weighted by molar-refractivity contribution is 6.32. The molecule has 0 aliphatic rings. The minimum Gasteiger partial charge on any atom is -0.506 e. The molecule has 240 valence electrons. The highest BCUT2D eigenvalue weighted by Gasteiger charge is 2.36. The van der Waals surface area contributed by atoms with Gasteiger partial charge in [-0.15, -0.1) is 0 Å². The number of hydrogen-bond acceptors (Lipinski definition) is 5. The van der Waals surface area contributed by atoms with Crippen molar-refractivity contribution in [3.8, 4) is 17.6 Å². The molecule has 0 saturated carbocycles. The van der Waals surface area contributed by atoms with Crippen molar-refractivity contribution in [3.05, 3.63) is 76.3 Å². The lowest BCUT2D eigenvalue weighted by molar-refractivity contribution is -0.127. The summed E-state index contributed by atoms with van der Waals surface area (Å²) in [7, 11) is 0. The first-order valence-corrected chi connectivity index (χ1v) is 15.5. The van der Waals surface area contributed by atoms with Crippen LogP contribution in [-0.4, -0.2) is 23.1 Å². The summed E-state index contributed by atoms with van der Waals surface area (Å²) in [5.41, 5.74) is 2.68. The minimum absolute atomic E-state index is 0.00103. The fraction of sp³-hybridized carbons (Fsp3) is 0.417. The van der Waals surface area contributed by atoms with E-state index in [1.165, 1.54) is 29.8 Å². The lowest BCUT2D eigenvalue weighted by Crippen LogP contribution is -2.43. The fourth-order valence-corrected chi connectivity index (χ4v) is 4.84. The Labute approximate surface area is 272 Å². The largest absolute Gasteiger partial charge is 0.506 e. The molecule has 3 aromatic rings. The predicted octanol–water partition coefficient (Wildman–Crippen LogP) is 9.37. The van der Waals surface area contributed by atoms with Crippen LogP contribution in [0.1, 0.15) is 91.8 Å². The maximum Gasteiger partial charge on any atom is 0.323 e. The van der Waals surface area contributed by atoms with Gasteiger partial charge >= 0.3 is 6.03 Å². The van der Waals surface area contributed by atoms with Crippen LogP contribution in [0.15, 0.2) is 54.6 Å². The molecule has 3 amide bonds. The molecule has 3 rings (SSSR count). The molecule has 0 aliphatic carbocycles. The number of phenolic OH excluding ortho intramolecular Hbond substituents is 1. The molecule has 1 atom stereocenters. The highest BCUT2D eigenvalue weighted by Crippen LogP contribution is 2.40. The summed E-state index contributed by atoms with van der Waals surface area (Å²) in [5.74, 6) is 0.0657. The molecular formula is C36H45ClN4O4. The van der Waals surface area contributed by atoms with Crippen molar-refractivity contribution in [2.24, 2.45) is 5.41 Å². The number of ether oxygens (including phenoxy) is 1. The molecule has 0 fully saturated rings. The minimum atomic E-state index is -0.848. The predicted molar refractivity (Wildman–Crippen MR) is 182 cm³/mol. The zero-order valence-corrected chi connectivity index (χ0v) is 28.4. The SMILES string of the molecule is CCC(C)(C)c1ccc(OC(C(=O)Nc2ccc(NC(=O)Nc3ccc(C#N)c(Cl)c3)c(O)c2)C(C)(C)C)c(C(C)(C)CC)c1. The number of amides is 3. The lowest BCUT2D eigenvalue weighted by atomic mass is 9.76. The summed E-state index contributed by atoms with van der Waals surface area (Å²) in [4.78, 5) is 26.2. The number of carbonyl (C=O) groups is 2. The van der Waals surface area contributed by atoms with Crippen LogP contribution in [0.2, 0.25) is 5.02 Å². The van der Waals surface area contributed by atoms with E-state index in [2.05, 4.69) is 69.6 Å². The molecule has 0 radical (unpaired) electrons. The Hall–Kier alpha value is -4.22. The molecule has 0 heterocycles. The zero-order chi connectivity index (χ0) is 33.7. The number of anilines is 3. The summed E-state index contributed by atoms with van der Waals surface area (Å²) >= 11 is 6.04. The maximum atomic E-state index is 13.7. The molecule has 0 bridgehead atoms. The normalized spacial score (nSPS) is 12.6. The Morgan fingerprint density at radius 1 is 0.867 bits per heavy atom. The summed E-state index contributed by atoms with van der Waals surface area (Å²) < 4.78 is 6.55. The summed E-state index contributed by atoms with van der Waals surface area (Å²) in [6, 6.07) is 16.5. The summed E-state index contributed by atoms with van der Waals surface area (Å²) in [6.07, 6.45) is 1.04. The van der Waals surface area contributed by atoms with Crippen molar-refractivity contribution in [1.82, 2.24) is 0 Å². The second-order valence-corrected chi connectivity index (χ2v) is 14.1. The molecule has 8 nitrogen and oxygen atoms in total. The molecule has 45 heavy (non-hydrogen) atoms. The lowest BCUT2D eigenvalue weighted by Gasteiger charge is -2.34. The first-order valence-electron chi connectivity index (χ1n) is 15.1. The Balaban J connectivity index is 1.81. The van der Waals surface area contributed by atoms with E-state index >= 15 is 0 Å². The quantitative estimate of drug-likeness (QED) is 0.166. The molecule has 1 unspecified atom stereocenters. The van der Waals surface area contributed by atoms with Crippen LogP contribution >= 0.6 is 11.6 Å². The monoisotopic (exact) mass is 632 g/mol.